The summed E-state index contributed by atoms with van der Waals surface area (Å²) in [6, 6.07) is -1.58. The van der Waals surface area contributed by atoms with Crippen LogP contribution in [-0.2, 0) is 27.9 Å². The van der Waals surface area contributed by atoms with Gasteiger partial charge in [-0.2, -0.15) is 0 Å². The van der Waals surface area contributed by atoms with Crippen LogP contribution in [0, 0.1) is 0 Å². The van der Waals surface area contributed by atoms with E-state index in [-0.39, 0.29) is 12.8 Å². The second kappa shape index (κ2) is 37.7. The molecule has 416 valence electrons. The Morgan fingerprint density at radius 3 is 1.36 bits per heavy atom. The van der Waals surface area contributed by atoms with E-state index >= 15 is 0 Å². The summed E-state index contributed by atoms with van der Waals surface area (Å²) in [6.07, 6.45) is 4.61. The first-order valence-corrected chi connectivity index (χ1v) is 28.7. The van der Waals surface area contributed by atoms with Crippen molar-refractivity contribution in [3.8, 4) is 0 Å². The lowest BCUT2D eigenvalue weighted by molar-refractivity contribution is -0.338. The van der Waals surface area contributed by atoms with Crippen molar-refractivity contribution in [3.05, 3.63) is 0 Å². The molecule has 1 saturated heterocycles. The molecule has 0 radical (unpaired) electrons. The quantitative estimate of drug-likeness (QED) is 0.0297. The van der Waals surface area contributed by atoms with Crippen molar-refractivity contribution in [2.75, 3.05) is 13.2 Å². The molecule has 2 fully saturated rings. The maximum atomic E-state index is 13.5. The molecule has 0 bridgehead atoms. The van der Waals surface area contributed by atoms with E-state index in [9.17, 15) is 70.4 Å². The first kappa shape index (κ1) is 65.2. The topological polar surface area (TPSA) is 326 Å². The number of hydrogen-bond donors (Lipinski definition) is 13. The number of ether oxygens (including phenoxy) is 2. The van der Waals surface area contributed by atoms with Crippen LogP contribution in [0.5, 0.6) is 0 Å². The van der Waals surface area contributed by atoms with Crippen molar-refractivity contribution in [1.29, 1.82) is 0 Å². The molecule has 0 aromatic carbocycles. The summed E-state index contributed by atoms with van der Waals surface area (Å²) in [6.45, 7) is 2.58. The molecule has 16 atom stereocenters. The molecular weight excluding hydrogens is 934 g/mol. The Hall–Kier alpha value is -0.940. The number of carbonyl (C=O) groups is 1. The highest BCUT2D eigenvalue weighted by atomic mass is 31.2. The van der Waals surface area contributed by atoms with E-state index < -0.39 is 119 Å². The third-order valence-corrected chi connectivity index (χ3v) is 15.0. The fourth-order valence-electron chi connectivity index (χ4n) is 9.31. The van der Waals surface area contributed by atoms with Crippen LogP contribution in [0.1, 0.15) is 206 Å². The number of hydrogen-bond acceptors (Lipinski definition) is 17. The lowest BCUT2D eigenvalue weighted by atomic mass is 9.84. The Balaban J connectivity index is 2.01. The molecule has 1 aliphatic carbocycles. The van der Waals surface area contributed by atoms with E-state index in [0.717, 1.165) is 57.8 Å². The molecule has 70 heavy (non-hydrogen) atoms. The molecule has 1 heterocycles. The number of aliphatic hydroxyl groups excluding tert-OH is 11. The third-order valence-electron chi connectivity index (χ3n) is 14.0. The normalized spacial score (nSPS) is 28.8. The maximum Gasteiger partial charge on any atom is 0.472 e. The Bertz CT molecular complexity index is 1360. The monoisotopic (exact) mass is 1030 g/mol. The fourth-order valence-corrected chi connectivity index (χ4v) is 10.3. The molecule has 1 saturated carbocycles. The van der Waals surface area contributed by atoms with E-state index in [1.807, 2.05) is 0 Å². The van der Waals surface area contributed by atoms with Crippen LogP contribution >= 0.6 is 7.82 Å². The molecule has 1 aliphatic heterocycles. The number of phosphoric acid groups is 1. The van der Waals surface area contributed by atoms with Crippen molar-refractivity contribution >= 4 is 13.7 Å². The van der Waals surface area contributed by atoms with Gasteiger partial charge in [0, 0.05) is 0 Å². The maximum absolute atomic E-state index is 13.5. The van der Waals surface area contributed by atoms with Gasteiger partial charge < -0.3 is 75.9 Å². The summed E-state index contributed by atoms with van der Waals surface area (Å²) >= 11 is 0. The summed E-state index contributed by atoms with van der Waals surface area (Å²) in [5.74, 6) is -0.921. The van der Waals surface area contributed by atoms with Crippen molar-refractivity contribution in [1.82, 2.24) is 5.32 Å². The zero-order valence-corrected chi connectivity index (χ0v) is 43.4. The van der Waals surface area contributed by atoms with Gasteiger partial charge in [-0.05, 0) is 12.8 Å². The predicted octanol–water partition coefficient (Wildman–Crippen LogP) is 4.44. The van der Waals surface area contributed by atoms with E-state index in [2.05, 4.69) is 19.2 Å². The summed E-state index contributed by atoms with van der Waals surface area (Å²) in [7, 11) is -5.49. The Kier molecular flexibility index (Phi) is 35.1. The molecule has 0 aromatic heterocycles. The second-order valence-electron chi connectivity index (χ2n) is 20.1. The molecule has 2 aliphatic rings. The van der Waals surface area contributed by atoms with Crippen LogP contribution in [0.25, 0.3) is 0 Å². The molecule has 1 amide bonds. The molecule has 2 rings (SSSR count). The van der Waals surface area contributed by atoms with Crippen molar-refractivity contribution < 1.29 is 88.9 Å². The Morgan fingerprint density at radius 1 is 0.543 bits per heavy atom. The van der Waals surface area contributed by atoms with Crippen molar-refractivity contribution in [2.45, 2.75) is 298 Å². The first-order chi connectivity index (χ1) is 33.5. The number of amides is 1. The Labute approximate surface area is 418 Å². The number of nitrogens with one attached hydrogen (secondary N) is 1. The van der Waals surface area contributed by atoms with E-state index in [1.165, 1.54) is 109 Å². The molecular formula is C50H98NO18P. The van der Waals surface area contributed by atoms with Gasteiger partial charge in [0.25, 0.3) is 0 Å². The van der Waals surface area contributed by atoms with Gasteiger partial charge in [-0.25, -0.2) is 4.57 Å². The van der Waals surface area contributed by atoms with Gasteiger partial charge in [-0.3, -0.25) is 13.8 Å². The minimum Gasteiger partial charge on any atom is -0.394 e. The van der Waals surface area contributed by atoms with Gasteiger partial charge in [0.05, 0.1) is 25.4 Å². The predicted molar refractivity (Wildman–Crippen MR) is 263 cm³/mol. The minimum absolute atomic E-state index is 0.0998. The van der Waals surface area contributed by atoms with Gasteiger partial charge in [0.2, 0.25) is 5.91 Å². The number of phosphoric ester groups is 1. The summed E-state index contributed by atoms with van der Waals surface area (Å²) in [4.78, 5) is 24.2. The lowest BCUT2D eigenvalue weighted by Gasteiger charge is -2.47. The van der Waals surface area contributed by atoms with Gasteiger partial charge >= 0.3 is 7.82 Å². The number of unbranched alkanes of at least 4 members (excludes halogenated alkanes) is 26. The van der Waals surface area contributed by atoms with E-state index in [0.29, 0.717) is 12.8 Å². The highest BCUT2D eigenvalue weighted by Crippen LogP contribution is 2.48. The average Bonchev–Trinajstić information content (AvgIpc) is 3.34. The zero-order valence-electron chi connectivity index (χ0n) is 42.6. The molecule has 0 spiro atoms. The largest absolute Gasteiger partial charge is 0.472 e. The van der Waals surface area contributed by atoms with Crippen molar-refractivity contribution in [2.24, 2.45) is 0 Å². The standard InChI is InChI=1S/C50H98NO18P/c1-3-5-7-9-11-13-15-17-19-21-23-25-27-29-31-36(53)39(55)35(51-49(63)37(54)32-30-28-26-24-22-20-18-16-14-12-10-8-6-4-2)34-66-70(64,65)69-48-45(61)43(59)42(58)44(60)47(48)68-50-46(62)41(57)40(56)38(33-52)67-50/h35-48,50,52-62H,3-34H2,1-2H3,(H,51,63)(H,64,65)/t35-,36+,37?,38+,39-,40+,41?,42?,43?,44+,45?,46?,47?,48-,50+/m0/s1. The summed E-state index contributed by atoms with van der Waals surface area (Å²) < 4.78 is 34.7. The molecule has 0 aromatic rings. The van der Waals surface area contributed by atoms with Gasteiger partial charge in [-0.15, -0.1) is 0 Å². The number of carbonyl (C=O) groups excluding carboxylic acids is 1. The zero-order chi connectivity index (χ0) is 51.9. The second-order valence-corrected chi connectivity index (χ2v) is 21.5. The van der Waals surface area contributed by atoms with E-state index in [4.69, 9.17) is 18.5 Å². The molecule has 8 unspecified atom stereocenters. The number of rotatable bonds is 42. The average molecular weight is 1030 g/mol. The lowest BCUT2D eigenvalue weighted by Crippen LogP contribution is -2.67. The third kappa shape index (κ3) is 25.1. The van der Waals surface area contributed by atoms with Crippen LogP contribution in [0.2, 0.25) is 0 Å². The van der Waals surface area contributed by atoms with Gasteiger partial charge in [0.15, 0.2) is 6.29 Å². The fraction of sp³-hybridized carbons (Fsp3) is 0.980. The first-order valence-electron chi connectivity index (χ1n) is 27.2. The van der Waals surface area contributed by atoms with Crippen LogP contribution < -0.4 is 5.32 Å². The van der Waals surface area contributed by atoms with E-state index in [1.54, 1.807) is 0 Å². The van der Waals surface area contributed by atoms with Crippen molar-refractivity contribution in [3.63, 3.8) is 0 Å². The van der Waals surface area contributed by atoms with Gasteiger partial charge in [0.1, 0.15) is 73.2 Å². The van der Waals surface area contributed by atoms with Crippen LogP contribution in [0.3, 0.4) is 0 Å². The Morgan fingerprint density at radius 2 is 0.929 bits per heavy atom. The smallest absolute Gasteiger partial charge is 0.394 e. The summed E-state index contributed by atoms with van der Waals surface area (Å²) in [5, 5.41) is 119. The molecule has 20 heteroatoms. The highest BCUT2D eigenvalue weighted by Gasteiger charge is 2.55. The van der Waals surface area contributed by atoms with Crippen LogP contribution in [0.4, 0.5) is 0 Å². The molecule has 13 N–H and O–H groups in total. The summed E-state index contributed by atoms with van der Waals surface area (Å²) in [5.41, 5.74) is 0. The number of aliphatic hydroxyl groups is 11. The highest BCUT2D eigenvalue weighted by molar-refractivity contribution is 7.47. The van der Waals surface area contributed by atoms with Gasteiger partial charge in [-0.1, -0.05) is 194 Å². The minimum atomic E-state index is -5.49. The SMILES string of the molecule is CCCCCCCCCCCCCCCCC(O)C(=O)N[C@@H](COP(=O)(O)O[C@H]1C(O)C(O)C(O)[C@@H](O)C1O[C@H]1O[C@H](CO)[C@@H](O)C(O)C1O)[C@H](O)[C@H](O)CCCCCCCCCCCCCCCC. The molecule has 19 nitrogen and oxygen atoms in total. The van der Waals surface area contributed by atoms with Crippen LogP contribution in [-0.4, -0.2) is 172 Å². The van der Waals surface area contributed by atoms with Crippen LogP contribution in [0.15, 0.2) is 0 Å².